The molecule has 0 bridgehead atoms. The van der Waals surface area contributed by atoms with Gasteiger partial charge in [-0.15, -0.1) is 0 Å². The number of rotatable bonds is 5. The number of hydrogen-bond acceptors (Lipinski definition) is 2. The Balaban J connectivity index is 1.78. The highest BCUT2D eigenvalue weighted by Crippen LogP contribution is 2.34. The van der Waals surface area contributed by atoms with E-state index in [1.807, 2.05) is 30.3 Å². The van der Waals surface area contributed by atoms with Gasteiger partial charge in [-0.2, -0.15) is 0 Å². The van der Waals surface area contributed by atoms with Crippen LogP contribution in [0.2, 0.25) is 0 Å². The Kier molecular flexibility index (Phi) is 4.65. The first-order valence-electron chi connectivity index (χ1n) is 7.18. The summed E-state index contributed by atoms with van der Waals surface area (Å²) in [6.07, 6.45) is 7.19. The SMILES string of the molecule is CCC1CCCC(N)(CCOc2ccccc2)C1. The van der Waals surface area contributed by atoms with Crippen molar-refractivity contribution in [1.82, 2.24) is 0 Å². The minimum absolute atomic E-state index is 0.00765. The van der Waals surface area contributed by atoms with E-state index in [9.17, 15) is 0 Å². The van der Waals surface area contributed by atoms with Gasteiger partial charge in [0.25, 0.3) is 0 Å². The van der Waals surface area contributed by atoms with Crippen LogP contribution in [-0.2, 0) is 0 Å². The molecule has 0 spiro atoms. The highest BCUT2D eigenvalue weighted by Gasteiger charge is 2.31. The maximum atomic E-state index is 6.51. The first kappa shape index (κ1) is 13.4. The second-order valence-corrected chi connectivity index (χ2v) is 5.64. The molecule has 1 aliphatic carbocycles. The van der Waals surface area contributed by atoms with E-state index in [1.54, 1.807) is 0 Å². The Hall–Kier alpha value is -1.02. The molecule has 1 fully saturated rings. The average molecular weight is 247 g/mol. The van der Waals surface area contributed by atoms with Crippen molar-refractivity contribution in [1.29, 1.82) is 0 Å². The summed E-state index contributed by atoms with van der Waals surface area (Å²) >= 11 is 0. The van der Waals surface area contributed by atoms with Crippen LogP contribution in [0, 0.1) is 5.92 Å². The lowest BCUT2D eigenvalue weighted by atomic mass is 9.74. The molecular weight excluding hydrogens is 222 g/mol. The predicted octanol–water partition coefficient (Wildman–Crippen LogP) is 3.75. The van der Waals surface area contributed by atoms with Gasteiger partial charge < -0.3 is 10.5 Å². The zero-order valence-electron chi connectivity index (χ0n) is 11.4. The number of ether oxygens (including phenoxy) is 1. The molecule has 18 heavy (non-hydrogen) atoms. The standard InChI is InChI=1S/C16H25NO/c1-2-14-7-6-10-16(17,13-14)11-12-18-15-8-4-3-5-9-15/h3-5,8-9,14H,2,6-7,10-13,17H2,1H3. The molecule has 2 nitrogen and oxygen atoms in total. The van der Waals surface area contributed by atoms with Crippen molar-refractivity contribution >= 4 is 0 Å². The maximum Gasteiger partial charge on any atom is 0.119 e. The minimum atomic E-state index is 0.00765. The van der Waals surface area contributed by atoms with Gasteiger partial charge in [-0.1, -0.05) is 44.4 Å². The number of nitrogens with two attached hydrogens (primary N) is 1. The molecular formula is C16H25NO. The average Bonchev–Trinajstić information content (AvgIpc) is 2.40. The van der Waals surface area contributed by atoms with Crippen molar-refractivity contribution in [3.63, 3.8) is 0 Å². The number of hydrogen-bond donors (Lipinski definition) is 1. The molecule has 0 saturated heterocycles. The quantitative estimate of drug-likeness (QED) is 0.860. The zero-order chi connectivity index (χ0) is 12.8. The van der Waals surface area contributed by atoms with Crippen molar-refractivity contribution in [2.75, 3.05) is 6.61 Å². The van der Waals surface area contributed by atoms with Crippen molar-refractivity contribution in [3.05, 3.63) is 30.3 Å². The monoisotopic (exact) mass is 247 g/mol. The van der Waals surface area contributed by atoms with E-state index in [-0.39, 0.29) is 5.54 Å². The molecule has 0 aromatic heterocycles. The minimum Gasteiger partial charge on any atom is -0.494 e. The van der Waals surface area contributed by atoms with Gasteiger partial charge >= 0.3 is 0 Å². The van der Waals surface area contributed by atoms with E-state index in [2.05, 4.69) is 6.92 Å². The van der Waals surface area contributed by atoms with Gasteiger partial charge in [0.15, 0.2) is 0 Å². The van der Waals surface area contributed by atoms with Crippen LogP contribution in [-0.4, -0.2) is 12.1 Å². The van der Waals surface area contributed by atoms with Crippen LogP contribution in [0.15, 0.2) is 30.3 Å². The molecule has 1 saturated carbocycles. The third-order valence-electron chi connectivity index (χ3n) is 4.17. The Bertz CT molecular complexity index is 351. The molecule has 2 heteroatoms. The molecule has 0 radical (unpaired) electrons. The topological polar surface area (TPSA) is 35.2 Å². The molecule has 2 unspecified atom stereocenters. The molecule has 1 aliphatic rings. The second-order valence-electron chi connectivity index (χ2n) is 5.64. The second kappa shape index (κ2) is 6.24. The number of benzene rings is 1. The van der Waals surface area contributed by atoms with E-state index in [0.717, 1.165) is 31.1 Å². The molecule has 100 valence electrons. The molecule has 2 rings (SSSR count). The lowest BCUT2D eigenvalue weighted by Gasteiger charge is -2.37. The predicted molar refractivity (Wildman–Crippen MR) is 75.7 cm³/mol. The maximum absolute atomic E-state index is 6.51. The first-order valence-corrected chi connectivity index (χ1v) is 7.18. The van der Waals surface area contributed by atoms with Crippen molar-refractivity contribution < 1.29 is 4.74 Å². The molecule has 2 N–H and O–H groups in total. The number of para-hydroxylation sites is 1. The van der Waals surface area contributed by atoms with Crippen molar-refractivity contribution in [2.45, 2.75) is 51.0 Å². The van der Waals surface area contributed by atoms with E-state index in [0.29, 0.717) is 0 Å². The van der Waals surface area contributed by atoms with Crippen LogP contribution >= 0.6 is 0 Å². The largest absolute Gasteiger partial charge is 0.494 e. The van der Waals surface area contributed by atoms with Crippen LogP contribution in [0.4, 0.5) is 0 Å². The van der Waals surface area contributed by atoms with E-state index in [4.69, 9.17) is 10.5 Å². The summed E-state index contributed by atoms with van der Waals surface area (Å²) in [5.41, 5.74) is 6.52. The summed E-state index contributed by atoms with van der Waals surface area (Å²) in [5.74, 6) is 1.77. The summed E-state index contributed by atoms with van der Waals surface area (Å²) < 4.78 is 5.76. The van der Waals surface area contributed by atoms with Gasteiger partial charge in [-0.05, 0) is 37.3 Å². The molecule has 1 aromatic carbocycles. The van der Waals surface area contributed by atoms with Crippen LogP contribution in [0.5, 0.6) is 5.75 Å². The van der Waals surface area contributed by atoms with Gasteiger partial charge in [-0.25, -0.2) is 0 Å². The normalized spacial score (nSPS) is 28.0. The summed E-state index contributed by atoms with van der Waals surface area (Å²) in [6, 6.07) is 10.0. The fourth-order valence-electron chi connectivity index (χ4n) is 2.99. The summed E-state index contributed by atoms with van der Waals surface area (Å²) in [5, 5.41) is 0. The summed E-state index contributed by atoms with van der Waals surface area (Å²) in [7, 11) is 0. The Labute approximate surface area is 111 Å². The van der Waals surface area contributed by atoms with Crippen molar-refractivity contribution in [3.8, 4) is 5.75 Å². The fraction of sp³-hybridized carbons (Fsp3) is 0.625. The Morgan fingerprint density at radius 2 is 2.11 bits per heavy atom. The van der Waals surface area contributed by atoms with Gasteiger partial charge in [0.1, 0.15) is 5.75 Å². The summed E-state index contributed by atoms with van der Waals surface area (Å²) in [4.78, 5) is 0. The molecule has 1 aromatic rings. The molecule has 0 aliphatic heterocycles. The Morgan fingerprint density at radius 1 is 1.33 bits per heavy atom. The first-order chi connectivity index (χ1) is 8.72. The molecule has 0 heterocycles. The third kappa shape index (κ3) is 3.74. The highest BCUT2D eigenvalue weighted by molar-refractivity contribution is 5.20. The smallest absolute Gasteiger partial charge is 0.119 e. The molecule has 0 amide bonds. The van der Waals surface area contributed by atoms with Gasteiger partial charge in [0.2, 0.25) is 0 Å². The lowest BCUT2D eigenvalue weighted by molar-refractivity contribution is 0.175. The van der Waals surface area contributed by atoms with Gasteiger partial charge in [0.05, 0.1) is 6.61 Å². The van der Waals surface area contributed by atoms with E-state index in [1.165, 1.54) is 25.7 Å². The van der Waals surface area contributed by atoms with Crippen LogP contribution < -0.4 is 10.5 Å². The van der Waals surface area contributed by atoms with Crippen LogP contribution in [0.1, 0.15) is 45.4 Å². The van der Waals surface area contributed by atoms with Gasteiger partial charge in [0, 0.05) is 5.54 Å². The zero-order valence-corrected chi connectivity index (χ0v) is 11.4. The fourth-order valence-corrected chi connectivity index (χ4v) is 2.99. The van der Waals surface area contributed by atoms with Crippen LogP contribution in [0.3, 0.4) is 0 Å². The summed E-state index contributed by atoms with van der Waals surface area (Å²) in [6.45, 7) is 3.01. The van der Waals surface area contributed by atoms with Crippen LogP contribution in [0.25, 0.3) is 0 Å². The third-order valence-corrected chi connectivity index (χ3v) is 4.17. The van der Waals surface area contributed by atoms with E-state index < -0.39 is 0 Å². The van der Waals surface area contributed by atoms with Crippen molar-refractivity contribution in [2.24, 2.45) is 11.7 Å². The Morgan fingerprint density at radius 3 is 2.83 bits per heavy atom. The highest BCUT2D eigenvalue weighted by atomic mass is 16.5. The molecule has 2 atom stereocenters. The lowest BCUT2D eigenvalue weighted by Crippen LogP contribution is -2.45. The van der Waals surface area contributed by atoms with Gasteiger partial charge in [-0.3, -0.25) is 0 Å². The van der Waals surface area contributed by atoms with E-state index >= 15 is 0 Å².